The highest BCUT2D eigenvalue weighted by Crippen LogP contribution is 2.48. The van der Waals surface area contributed by atoms with E-state index in [0.29, 0.717) is 12.0 Å². The van der Waals surface area contributed by atoms with Gasteiger partial charge in [-0.3, -0.25) is 0 Å². The lowest BCUT2D eigenvalue weighted by molar-refractivity contribution is 0.0821. The lowest BCUT2D eigenvalue weighted by Crippen LogP contribution is -2.30. The van der Waals surface area contributed by atoms with Crippen LogP contribution in [0.15, 0.2) is 0 Å². The minimum atomic E-state index is 0.299. The molecule has 1 saturated heterocycles. The number of anilines is 2. The molecule has 2 heterocycles. The summed E-state index contributed by atoms with van der Waals surface area (Å²) in [4.78, 5) is 2.42. The number of hydrogen-bond donors (Lipinski definition) is 1. The van der Waals surface area contributed by atoms with E-state index in [4.69, 9.17) is 10.5 Å². The molecular formula is C12H19N3OS. The molecule has 1 aromatic heterocycles. The second-order valence-corrected chi connectivity index (χ2v) is 5.79. The van der Waals surface area contributed by atoms with Crippen LogP contribution in [-0.2, 0) is 4.74 Å². The molecule has 0 radical (unpaired) electrons. The van der Waals surface area contributed by atoms with Gasteiger partial charge in [0.15, 0.2) is 0 Å². The van der Waals surface area contributed by atoms with Gasteiger partial charge in [0.25, 0.3) is 0 Å². The number of nitrogens with two attached hydrogens (primary N) is 1. The van der Waals surface area contributed by atoms with Gasteiger partial charge in [0.05, 0.1) is 6.10 Å². The fourth-order valence-corrected chi connectivity index (χ4v) is 3.40. The summed E-state index contributed by atoms with van der Waals surface area (Å²) >= 11 is 1.56. The van der Waals surface area contributed by atoms with E-state index in [1.54, 1.807) is 11.5 Å². The van der Waals surface area contributed by atoms with Crippen LogP contribution in [0.5, 0.6) is 0 Å². The maximum Gasteiger partial charge on any atom is 0.142 e. The van der Waals surface area contributed by atoms with Crippen LogP contribution in [0.1, 0.15) is 37.7 Å². The maximum absolute atomic E-state index is 6.00. The standard InChI is InChI=1S/C12H19N3OS/c1-8-7-15(5-2-6-16-8)12-10(9-3-4-9)11(13)14-17-12/h8-9H,2-7H2,1H3,(H2,13,14). The molecule has 2 aliphatic rings. The Labute approximate surface area is 106 Å². The van der Waals surface area contributed by atoms with Gasteiger partial charge in [-0.1, -0.05) is 0 Å². The second-order valence-electron chi connectivity index (χ2n) is 5.04. The topological polar surface area (TPSA) is 51.4 Å². The molecule has 1 aromatic rings. The quantitative estimate of drug-likeness (QED) is 0.878. The second kappa shape index (κ2) is 4.46. The highest BCUT2D eigenvalue weighted by Gasteiger charge is 2.32. The van der Waals surface area contributed by atoms with Crippen LogP contribution in [0.3, 0.4) is 0 Å². The van der Waals surface area contributed by atoms with E-state index in [1.807, 2.05) is 0 Å². The van der Waals surface area contributed by atoms with E-state index >= 15 is 0 Å². The lowest BCUT2D eigenvalue weighted by Gasteiger charge is -2.23. The van der Waals surface area contributed by atoms with Crippen LogP contribution in [0, 0.1) is 0 Å². The average molecular weight is 253 g/mol. The van der Waals surface area contributed by atoms with Gasteiger partial charge in [0, 0.05) is 25.3 Å². The van der Waals surface area contributed by atoms with E-state index in [0.717, 1.165) is 31.9 Å². The molecule has 1 unspecified atom stereocenters. The molecule has 3 rings (SSSR count). The zero-order chi connectivity index (χ0) is 11.8. The molecule has 4 nitrogen and oxygen atoms in total. The molecule has 94 valence electrons. The fourth-order valence-electron chi connectivity index (χ4n) is 2.46. The van der Waals surface area contributed by atoms with E-state index in [2.05, 4.69) is 16.2 Å². The molecule has 1 atom stereocenters. The molecule has 1 aliphatic carbocycles. The third-order valence-electron chi connectivity index (χ3n) is 3.46. The van der Waals surface area contributed by atoms with Gasteiger partial charge in [-0.25, -0.2) is 0 Å². The number of ether oxygens (including phenoxy) is 1. The highest BCUT2D eigenvalue weighted by atomic mass is 32.1. The summed E-state index contributed by atoms with van der Waals surface area (Å²) in [7, 11) is 0. The monoisotopic (exact) mass is 253 g/mol. The SMILES string of the molecule is CC1CN(c2snc(N)c2C2CC2)CCCO1. The van der Waals surface area contributed by atoms with E-state index in [9.17, 15) is 0 Å². The van der Waals surface area contributed by atoms with Gasteiger partial charge in [-0.15, -0.1) is 0 Å². The molecule has 2 fully saturated rings. The Morgan fingerprint density at radius 1 is 1.47 bits per heavy atom. The normalized spacial score (nSPS) is 25.9. The zero-order valence-corrected chi connectivity index (χ0v) is 11.0. The lowest BCUT2D eigenvalue weighted by atomic mass is 10.2. The molecule has 0 spiro atoms. The first-order valence-corrected chi connectivity index (χ1v) is 7.14. The van der Waals surface area contributed by atoms with Gasteiger partial charge < -0.3 is 15.4 Å². The Kier molecular flexibility index (Phi) is 2.96. The van der Waals surface area contributed by atoms with Crippen molar-refractivity contribution in [3.05, 3.63) is 5.56 Å². The number of nitrogen functional groups attached to an aromatic ring is 1. The van der Waals surface area contributed by atoms with Crippen molar-refractivity contribution < 1.29 is 4.74 Å². The summed E-state index contributed by atoms with van der Waals surface area (Å²) in [6.07, 6.45) is 3.94. The van der Waals surface area contributed by atoms with E-state index in [1.165, 1.54) is 23.4 Å². The third kappa shape index (κ3) is 2.26. The summed E-state index contributed by atoms with van der Waals surface area (Å²) in [5.41, 5.74) is 7.31. The predicted octanol–water partition coefficient (Wildman–Crippen LogP) is 2.22. The van der Waals surface area contributed by atoms with Crippen LogP contribution >= 0.6 is 11.5 Å². The summed E-state index contributed by atoms with van der Waals surface area (Å²) in [6, 6.07) is 0. The first kappa shape index (κ1) is 11.3. The van der Waals surface area contributed by atoms with Crippen LogP contribution in [-0.4, -0.2) is 30.2 Å². The number of rotatable bonds is 2. The van der Waals surface area contributed by atoms with Gasteiger partial charge in [-0.2, -0.15) is 4.37 Å². The molecule has 1 saturated carbocycles. The maximum atomic E-state index is 6.00. The van der Waals surface area contributed by atoms with Gasteiger partial charge >= 0.3 is 0 Å². The van der Waals surface area contributed by atoms with Crippen molar-refractivity contribution in [2.45, 2.75) is 38.2 Å². The first-order valence-electron chi connectivity index (χ1n) is 6.37. The zero-order valence-electron chi connectivity index (χ0n) is 10.2. The summed E-state index contributed by atoms with van der Waals surface area (Å²) < 4.78 is 10.0. The third-order valence-corrected chi connectivity index (χ3v) is 4.40. The van der Waals surface area contributed by atoms with Crippen LogP contribution < -0.4 is 10.6 Å². The predicted molar refractivity (Wildman–Crippen MR) is 70.7 cm³/mol. The molecule has 0 aromatic carbocycles. The summed E-state index contributed by atoms with van der Waals surface area (Å²) in [5, 5.41) is 1.29. The fraction of sp³-hybridized carbons (Fsp3) is 0.750. The Hall–Kier alpha value is -0.810. The van der Waals surface area contributed by atoms with Crippen LogP contribution in [0.25, 0.3) is 0 Å². The summed E-state index contributed by atoms with van der Waals surface area (Å²) in [5.74, 6) is 1.42. The Morgan fingerprint density at radius 2 is 2.29 bits per heavy atom. The Morgan fingerprint density at radius 3 is 3.06 bits per heavy atom. The number of hydrogen-bond acceptors (Lipinski definition) is 5. The van der Waals surface area contributed by atoms with Crippen LogP contribution in [0.4, 0.5) is 10.8 Å². The largest absolute Gasteiger partial charge is 0.383 e. The van der Waals surface area contributed by atoms with Crippen molar-refractivity contribution in [1.29, 1.82) is 0 Å². The minimum Gasteiger partial charge on any atom is -0.383 e. The van der Waals surface area contributed by atoms with Crippen LogP contribution in [0.2, 0.25) is 0 Å². The Bertz CT molecular complexity index is 402. The van der Waals surface area contributed by atoms with Crippen molar-refractivity contribution in [1.82, 2.24) is 4.37 Å². The average Bonchev–Trinajstić information content (AvgIpc) is 3.08. The smallest absolute Gasteiger partial charge is 0.142 e. The number of nitrogens with zero attached hydrogens (tertiary/aromatic N) is 2. The molecule has 17 heavy (non-hydrogen) atoms. The molecule has 0 bridgehead atoms. The van der Waals surface area contributed by atoms with Crippen molar-refractivity contribution in [3.8, 4) is 0 Å². The molecule has 2 N–H and O–H groups in total. The number of aromatic nitrogens is 1. The van der Waals surface area contributed by atoms with Gasteiger partial charge in [0.1, 0.15) is 10.8 Å². The van der Waals surface area contributed by atoms with Gasteiger partial charge in [-0.05, 0) is 43.6 Å². The molecular weight excluding hydrogens is 234 g/mol. The minimum absolute atomic E-state index is 0.299. The van der Waals surface area contributed by atoms with E-state index < -0.39 is 0 Å². The van der Waals surface area contributed by atoms with E-state index in [-0.39, 0.29) is 0 Å². The molecule has 5 heteroatoms. The van der Waals surface area contributed by atoms with Crippen molar-refractivity contribution >= 4 is 22.4 Å². The Balaban J connectivity index is 1.86. The first-order chi connectivity index (χ1) is 8.25. The molecule has 0 amide bonds. The molecule has 1 aliphatic heterocycles. The summed E-state index contributed by atoms with van der Waals surface area (Å²) in [6.45, 7) is 5.03. The van der Waals surface area contributed by atoms with Crippen molar-refractivity contribution in [2.75, 3.05) is 30.3 Å². The van der Waals surface area contributed by atoms with Crippen molar-refractivity contribution in [2.24, 2.45) is 0 Å². The van der Waals surface area contributed by atoms with Gasteiger partial charge in [0.2, 0.25) is 0 Å². The van der Waals surface area contributed by atoms with Crippen molar-refractivity contribution in [3.63, 3.8) is 0 Å². The highest BCUT2D eigenvalue weighted by molar-refractivity contribution is 7.10.